The lowest BCUT2D eigenvalue weighted by atomic mass is 9.97. The molecule has 0 radical (unpaired) electrons. The fourth-order valence-electron chi connectivity index (χ4n) is 1.08. The number of hydrogen-bond acceptors (Lipinski definition) is 2. The van der Waals surface area contributed by atoms with E-state index >= 15 is 0 Å². The van der Waals surface area contributed by atoms with E-state index in [-0.39, 0.29) is 11.4 Å². The Balaban J connectivity index is 2.26. The Morgan fingerprint density at radius 2 is 2.06 bits per heavy atom. The fraction of sp³-hybridized carbons (Fsp3) is 0.500. The first-order valence-electron chi connectivity index (χ1n) is 5.39. The first kappa shape index (κ1) is 12.5. The summed E-state index contributed by atoms with van der Waals surface area (Å²) in [7, 11) is 0. The van der Waals surface area contributed by atoms with Crippen LogP contribution in [0, 0.1) is 5.41 Å². The third-order valence-corrected chi connectivity index (χ3v) is 1.94. The molecule has 0 unspecified atom stereocenters. The van der Waals surface area contributed by atoms with Crippen LogP contribution in [0.3, 0.4) is 0 Å². The van der Waals surface area contributed by atoms with Crippen LogP contribution >= 0.6 is 0 Å². The van der Waals surface area contributed by atoms with E-state index in [0.717, 1.165) is 5.69 Å². The molecule has 0 spiro atoms. The molecule has 0 bridgehead atoms. The number of nitrogens with one attached hydrogen (secondary N) is 2. The second-order valence-corrected chi connectivity index (χ2v) is 4.92. The standard InChI is InChI=1S/C12H19N3O/c1-12(2,3)9-15-11(16)14-8-10-6-4-5-7-13-10/h4-7H,8-9H2,1-3H3,(H2,14,15,16). The summed E-state index contributed by atoms with van der Waals surface area (Å²) in [5.41, 5.74) is 0.955. The summed E-state index contributed by atoms with van der Waals surface area (Å²) in [6, 6.07) is 5.48. The minimum Gasteiger partial charge on any atom is -0.338 e. The SMILES string of the molecule is CC(C)(C)CNC(=O)NCc1ccccn1. The quantitative estimate of drug-likeness (QED) is 0.819. The lowest BCUT2D eigenvalue weighted by Gasteiger charge is -2.18. The van der Waals surface area contributed by atoms with E-state index in [1.807, 2.05) is 18.2 Å². The number of nitrogens with zero attached hydrogens (tertiary/aromatic N) is 1. The number of amides is 2. The van der Waals surface area contributed by atoms with Gasteiger partial charge in [-0.3, -0.25) is 4.98 Å². The van der Waals surface area contributed by atoms with Gasteiger partial charge in [0.2, 0.25) is 0 Å². The first-order chi connectivity index (χ1) is 7.47. The van der Waals surface area contributed by atoms with Crippen molar-refractivity contribution >= 4 is 6.03 Å². The molecule has 4 heteroatoms. The predicted octanol–water partition coefficient (Wildman–Crippen LogP) is 1.93. The summed E-state index contributed by atoms with van der Waals surface area (Å²) >= 11 is 0. The zero-order valence-corrected chi connectivity index (χ0v) is 10.1. The van der Waals surface area contributed by atoms with E-state index in [4.69, 9.17) is 0 Å². The van der Waals surface area contributed by atoms with E-state index in [1.165, 1.54) is 0 Å². The van der Waals surface area contributed by atoms with Crippen LogP contribution in [0.2, 0.25) is 0 Å². The summed E-state index contributed by atoms with van der Waals surface area (Å²) in [6.07, 6.45) is 1.71. The smallest absolute Gasteiger partial charge is 0.315 e. The van der Waals surface area contributed by atoms with Crippen LogP contribution in [0.5, 0.6) is 0 Å². The molecule has 88 valence electrons. The molecule has 0 fully saturated rings. The molecule has 0 saturated carbocycles. The van der Waals surface area contributed by atoms with Gasteiger partial charge < -0.3 is 10.6 Å². The van der Waals surface area contributed by atoms with Crippen molar-refractivity contribution in [3.8, 4) is 0 Å². The molecule has 1 aromatic heterocycles. The maximum atomic E-state index is 11.4. The van der Waals surface area contributed by atoms with E-state index < -0.39 is 0 Å². The number of aromatic nitrogens is 1. The highest BCUT2D eigenvalue weighted by Gasteiger charge is 2.11. The van der Waals surface area contributed by atoms with Crippen molar-refractivity contribution in [3.05, 3.63) is 30.1 Å². The third kappa shape index (κ3) is 5.34. The van der Waals surface area contributed by atoms with Crippen molar-refractivity contribution in [2.45, 2.75) is 27.3 Å². The molecule has 0 aliphatic rings. The fourth-order valence-corrected chi connectivity index (χ4v) is 1.08. The Hall–Kier alpha value is -1.58. The number of urea groups is 1. The number of carbonyl (C=O) groups is 1. The molecule has 0 atom stereocenters. The van der Waals surface area contributed by atoms with Crippen molar-refractivity contribution in [1.82, 2.24) is 15.6 Å². The molecule has 0 aromatic carbocycles. The molecular weight excluding hydrogens is 202 g/mol. The van der Waals surface area contributed by atoms with Gasteiger partial charge in [-0.25, -0.2) is 4.79 Å². The molecule has 2 amide bonds. The maximum Gasteiger partial charge on any atom is 0.315 e. The van der Waals surface area contributed by atoms with Crippen LogP contribution < -0.4 is 10.6 Å². The third-order valence-electron chi connectivity index (χ3n) is 1.94. The van der Waals surface area contributed by atoms with Crippen molar-refractivity contribution in [1.29, 1.82) is 0 Å². The van der Waals surface area contributed by atoms with Gasteiger partial charge in [0.05, 0.1) is 12.2 Å². The van der Waals surface area contributed by atoms with Crippen molar-refractivity contribution in [2.75, 3.05) is 6.54 Å². The second kappa shape index (κ2) is 5.49. The zero-order chi connectivity index (χ0) is 12.0. The number of pyridine rings is 1. The molecule has 0 aliphatic carbocycles. The molecule has 0 aliphatic heterocycles. The Morgan fingerprint density at radius 1 is 1.31 bits per heavy atom. The normalized spacial score (nSPS) is 10.9. The number of hydrogen-bond donors (Lipinski definition) is 2. The lowest BCUT2D eigenvalue weighted by molar-refractivity contribution is 0.235. The second-order valence-electron chi connectivity index (χ2n) is 4.92. The average molecular weight is 221 g/mol. The summed E-state index contributed by atoms with van der Waals surface area (Å²) in [5.74, 6) is 0. The molecule has 1 heterocycles. The largest absolute Gasteiger partial charge is 0.338 e. The van der Waals surface area contributed by atoms with Crippen molar-refractivity contribution < 1.29 is 4.79 Å². The summed E-state index contributed by atoms with van der Waals surface area (Å²) in [4.78, 5) is 15.5. The van der Waals surface area contributed by atoms with Crippen LogP contribution in [-0.4, -0.2) is 17.6 Å². The van der Waals surface area contributed by atoms with Gasteiger partial charge in [0, 0.05) is 12.7 Å². The highest BCUT2D eigenvalue weighted by molar-refractivity contribution is 5.73. The highest BCUT2D eigenvalue weighted by Crippen LogP contribution is 2.09. The molecule has 2 N–H and O–H groups in total. The van der Waals surface area contributed by atoms with Gasteiger partial charge in [-0.1, -0.05) is 26.8 Å². The van der Waals surface area contributed by atoms with Crippen molar-refractivity contribution in [2.24, 2.45) is 5.41 Å². The maximum absolute atomic E-state index is 11.4. The minimum atomic E-state index is -0.152. The molecular formula is C12H19N3O. The van der Waals surface area contributed by atoms with Gasteiger partial charge in [-0.05, 0) is 17.5 Å². The Bertz CT molecular complexity index is 330. The van der Waals surface area contributed by atoms with Gasteiger partial charge in [0.15, 0.2) is 0 Å². The topological polar surface area (TPSA) is 54.0 Å². The minimum absolute atomic E-state index is 0.0995. The van der Waals surface area contributed by atoms with E-state index in [0.29, 0.717) is 13.1 Å². The zero-order valence-electron chi connectivity index (χ0n) is 10.1. The predicted molar refractivity (Wildman–Crippen MR) is 63.9 cm³/mol. The van der Waals surface area contributed by atoms with Crippen LogP contribution in [-0.2, 0) is 6.54 Å². The Morgan fingerprint density at radius 3 is 2.62 bits per heavy atom. The van der Waals surface area contributed by atoms with Crippen LogP contribution in [0.15, 0.2) is 24.4 Å². The monoisotopic (exact) mass is 221 g/mol. The van der Waals surface area contributed by atoms with Gasteiger partial charge in [0.1, 0.15) is 0 Å². The Kier molecular flexibility index (Phi) is 4.28. The average Bonchev–Trinajstić information content (AvgIpc) is 2.24. The van der Waals surface area contributed by atoms with Crippen molar-refractivity contribution in [3.63, 3.8) is 0 Å². The van der Waals surface area contributed by atoms with E-state index in [1.54, 1.807) is 6.20 Å². The Labute approximate surface area is 96.5 Å². The van der Waals surface area contributed by atoms with Gasteiger partial charge >= 0.3 is 6.03 Å². The van der Waals surface area contributed by atoms with E-state index in [2.05, 4.69) is 36.4 Å². The van der Waals surface area contributed by atoms with Gasteiger partial charge in [-0.2, -0.15) is 0 Å². The van der Waals surface area contributed by atoms with E-state index in [9.17, 15) is 4.79 Å². The lowest BCUT2D eigenvalue weighted by Crippen LogP contribution is -2.39. The van der Waals surface area contributed by atoms with Crippen LogP contribution in [0.1, 0.15) is 26.5 Å². The molecule has 0 saturated heterocycles. The van der Waals surface area contributed by atoms with Gasteiger partial charge in [-0.15, -0.1) is 0 Å². The van der Waals surface area contributed by atoms with Crippen LogP contribution in [0.4, 0.5) is 4.79 Å². The molecule has 1 rings (SSSR count). The first-order valence-corrected chi connectivity index (χ1v) is 5.39. The summed E-state index contributed by atoms with van der Waals surface area (Å²) in [5, 5.41) is 5.57. The summed E-state index contributed by atoms with van der Waals surface area (Å²) in [6.45, 7) is 7.34. The van der Waals surface area contributed by atoms with Gasteiger partial charge in [0.25, 0.3) is 0 Å². The van der Waals surface area contributed by atoms with Crippen LogP contribution in [0.25, 0.3) is 0 Å². The summed E-state index contributed by atoms with van der Waals surface area (Å²) < 4.78 is 0. The molecule has 16 heavy (non-hydrogen) atoms. The number of rotatable bonds is 3. The molecule has 4 nitrogen and oxygen atoms in total. The highest BCUT2D eigenvalue weighted by atomic mass is 16.2. The molecule has 1 aromatic rings. The number of carbonyl (C=O) groups excluding carboxylic acids is 1.